The average molecular weight is 389 g/mol. The van der Waals surface area contributed by atoms with Crippen LogP contribution in [0.5, 0.6) is 0 Å². The normalized spacial score (nSPS) is 15.6. The molecule has 150 valence electrons. The number of hydrogen-bond donors (Lipinski definition) is 1. The molecule has 0 atom stereocenters. The number of piperidine rings is 1. The van der Waals surface area contributed by atoms with Gasteiger partial charge < -0.3 is 19.8 Å². The van der Waals surface area contributed by atoms with Gasteiger partial charge in [-0.1, -0.05) is 0 Å². The molecule has 0 saturated carbocycles. The number of nitro groups is 1. The van der Waals surface area contributed by atoms with Crippen LogP contribution in [-0.4, -0.2) is 34.6 Å². The predicted molar refractivity (Wildman–Crippen MR) is 103 cm³/mol. The van der Waals surface area contributed by atoms with Crippen LogP contribution in [0.3, 0.4) is 0 Å². The van der Waals surface area contributed by atoms with Crippen molar-refractivity contribution >= 4 is 28.4 Å². The summed E-state index contributed by atoms with van der Waals surface area (Å²) in [6.45, 7) is 6.31. The van der Waals surface area contributed by atoms with E-state index < -0.39 is 16.2 Å². The Bertz CT molecular complexity index is 984. The van der Waals surface area contributed by atoms with Gasteiger partial charge in [0.15, 0.2) is 5.43 Å². The van der Waals surface area contributed by atoms with Gasteiger partial charge >= 0.3 is 11.8 Å². The van der Waals surface area contributed by atoms with Crippen molar-refractivity contribution in [3.63, 3.8) is 0 Å². The van der Waals surface area contributed by atoms with Crippen molar-refractivity contribution in [2.75, 3.05) is 18.8 Å². The van der Waals surface area contributed by atoms with E-state index in [4.69, 9.17) is 14.9 Å². The highest BCUT2D eigenvalue weighted by atomic mass is 16.6. The molecule has 2 heterocycles. The van der Waals surface area contributed by atoms with Crippen LogP contribution in [-0.2, 0) is 4.74 Å². The zero-order valence-electron chi connectivity index (χ0n) is 16.1. The number of nitrogens with two attached hydrogens (primary N) is 1. The van der Waals surface area contributed by atoms with Crippen LogP contribution in [0.15, 0.2) is 27.4 Å². The van der Waals surface area contributed by atoms with E-state index in [1.54, 1.807) is 25.7 Å². The Labute approximate surface area is 161 Å². The number of anilines is 1. The number of hydrogen-bond acceptors (Lipinski definition) is 7. The molecule has 1 saturated heterocycles. The van der Waals surface area contributed by atoms with Gasteiger partial charge in [-0.15, -0.1) is 0 Å². The van der Waals surface area contributed by atoms with E-state index in [-0.39, 0.29) is 34.1 Å². The van der Waals surface area contributed by atoms with Crippen LogP contribution in [0.25, 0.3) is 11.0 Å². The minimum Gasteiger partial charge on any atom is -0.453 e. The Hall–Kier alpha value is -3.10. The summed E-state index contributed by atoms with van der Waals surface area (Å²) < 4.78 is 11.2. The van der Waals surface area contributed by atoms with Crippen LogP contribution in [0.1, 0.15) is 45.3 Å². The maximum atomic E-state index is 12.4. The summed E-state index contributed by atoms with van der Waals surface area (Å²) in [5, 5.41) is 11.5. The number of nitro benzene ring substituents is 1. The first-order valence-electron chi connectivity index (χ1n) is 9.05. The lowest BCUT2D eigenvalue weighted by atomic mass is 9.94. The zero-order chi connectivity index (χ0) is 20.6. The van der Waals surface area contributed by atoms with Crippen molar-refractivity contribution in [1.29, 1.82) is 0 Å². The molecule has 9 heteroatoms. The van der Waals surface area contributed by atoms with E-state index in [2.05, 4.69) is 0 Å². The Morgan fingerprint density at radius 3 is 2.54 bits per heavy atom. The molecule has 1 fully saturated rings. The summed E-state index contributed by atoms with van der Waals surface area (Å²) in [5.74, 6) is 0.242. The summed E-state index contributed by atoms with van der Waals surface area (Å²) in [7, 11) is 0. The van der Waals surface area contributed by atoms with Gasteiger partial charge in [-0.2, -0.15) is 0 Å². The molecule has 1 aromatic heterocycles. The molecule has 9 nitrogen and oxygen atoms in total. The van der Waals surface area contributed by atoms with E-state index in [1.807, 2.05) is 0 Å². The Morgan fingerprint density at radius 1 is 1.32 bits per heavy atom. The number of benzene rings is 1. The summed E-state index contributed by atoms with van der Waals surface area (Å²) in [6, 6.07) is 4.13. The van der Waals surface area contributed by atoms with Gasteiger partial charge in [0.25, 0.3) is 0 Å². The highest BCUT2D eigenvalue weighted by Crippen LogP contribution is 2.34. The molecular weight excluding hydrogens is 366 g/mol. The van der Waals surface area contributed by atoms with Crippen molar-refractivity contribution in [2.24, 2.45) is 0 Å². The fourth-order valence-electron chi connectivity index (χ4n) is 3.30. The lowest BCUT2D eigenvalue weighted by molar-refractivity contribution is -0.382. The molecule has 0 spiro atoms. The number of carbonyl (C=O) groups excluding carboxylic acids is 1. The molecule has 2 aromatic rings. The molecule has 3 rings (SSSR count). The molecular formula is C19H23N3O6. The zero-order valence-corrected chi connectivity index (χ0v) is 16.1. The quantitative estimate of drug-likeness (QED) is 0.473. The first kappa shape index (κ1) is 19.7. The fraction of sp³-hybridized carbons (Fsp3) is 0.474. The van der Waals surface area contributed by atoms with Crippen LogP contribution >= 0.6 is 0 Å². The van der Waals surface area contributed by atoms with Gasteiger partial charge in [0.2, 0.25) is 5.58 Å². The van der Waals surface area contributed by atoms with Gasteiger partial charge in [-0.05, 0) is 45.7 Å². The van der Waals surface area contributed by atoms with Gasteiger partial charge in [0.05, 0.1) is 10.3 Å². The first-order valence-corrected chi connectivity index (χ1v) is 9.05. The number of carbonyl (C=O) groups is 1. The summed E-state index contributed by atoms with van der Waals surface area (Å²) in [5.41, 5.74) is 4.21. The van der Waals surface area contributed by atoms with Gasteiger partial charge in [0.1, 0.15) is 17.0 Å². The van der Waals surface area contributed by atoms with E-state index in [0.717, 1.165) is 0 Å². The number of nitrogen functional groups attached to an aromatic ring is 1. The molecule has 1 aliphatic rings. The minimum atomic E-state index is -0.643. The van der Waals surface area contributed by atoms with Crippen molar-refractivity contribution in [3.8, 4) is 0 Å². The first-order chi connectivity index (χ1) is 13.1. The minimum absolute atomic E-state index is 0.0578. The van der Waals surface area contributed by atoms with Gasteiger partial charge in [0, 0.05) is 25.1 Å². The maximum absolute atomic E-state index is 12.4. The third-order valence-corrected chi connectivity index (χ3v) is 4.65. The highest BCUT2D eigenvalue weighted by molar-refractivity contribution is 5.91. The number of nitrogens with zero attached hydrogens (tertiary/aromatic N) is 2. The van der Waals surface area contributed by atoms with Crippen molar-refractivity contribution < 1.29 is 18.9 Å². The molecule has 0 unspecified atom stereocenters. The van der Waals surface area contributed by atoms with Crippen molar-refractivity contribution in [2.45, 2.75) is 45.1 Å². The van der Waals surface area contributed by atoms with Crippen molar-refractivity contribution in [3.05, 3.63) is 44.3 Å². The molecule has 1 aromatic carbocycles. The number of likely N-dealkylation sites (tertiary alicyclic amines) is 1. The monoisotopic (exact) mass is 389 g/mol. The molecule has 0 radical (unpaired) electrons. The highest BCUT2D eigenvalue weighted by Gasteiger charge is 2.30. The fourth-order valence-corrected chi connectivity index (χ4v) is 3.30. The number of rotatable bonds is 2. The standard InChI is InChI=1S/C19H23N3O6/c1-19(2,3)28-18(24)21-8-6-11(7-9-21)15-10-14(23)12-4-5-13(20)16(22(25)26)17(12)27-15/h4-5,10-11H,6-9,20H2,1-3H3. The number of ether oxygens (including phenoxy) is 1. The van der Waals surface area contributed by atoms with Crippen LogP contribution in [0, 0.1) is 10.1 Å². The largest absolute Gasteiger partial charge is 0.453 e. The lowest BCUT2D eigenvalue weighted by Gasteiger charge is -2.33. The molecule has 28 heavy (non-hydrogen) atoms. The summed E-state index contributed by atoms with van der Waals surface area (Å²) in [4.78, 5) is 37.0. The smallest absolute Gasteiger partial charge is 0.410 e. The second-order valence-electron chi connectivity index (χ2n) is 7.89. The topological polar surface area (TPSA) is 129 Å². The van der Waals surface area contributed by atoms with Gasteiger partial charge in [-0.25, -0.2) is 4.79 Å². The van der Waals surface area contributed by atoms with E-state index >= 15 is 0 Å². The second-order valence-corrected chi connectivity index (χ2v) is 7.89. The van der Waals surface area contributed by atoms with Crippen molar-refractivity contribution in [1.82, 2.24) is 4.90 Å². The van der Waals surface area contributed by atoms with E-state index in [9.17, 15) is 19.7 Å². The average Bonchev–Trinajstić information content (AvgIpc) is 2.59. The van der Waals surface area contributed by atoms with E-state index in [1.165, 1.54) is 18.2 Å². The van der Waals surface area contributed by atoms with Crippen LogP contribution in [0.4, 0.5) is 16.2 Å². The third-order valence-electron chi connectivity index (χ3n) is 4.65. The van der Waals surface area contributed by atoms with Gasteiger partial charge in [-0.3, -0.25) is 14.9 Å². The maximum Gasteiger partial charge on any atom is 0.410 e. The predicted octanol–water partition coefficient (Wildman–Crippen LogP) is 3.40. The molecule has 0 aliphatic carbocycles. The van der Waals surface area contributed by atoms with E-state index in [0.29, 0.717) is 31.7 Å². The Balaban J connectivity index is 1.86. The molecule has 0 bridgehead atoms. The summed E-state index contributed by atoms with van der Waals surface area (Å²) in [6.07, 6.45) is 0.738. The molecule has 1 aliphatic heterocycles. The number of amides is 1. The third kappa shape index (κ3) is 3.92. The molecule has 2 N–H and O–H groups in total. The Morgan fingerprint density at radius 2 is 1.96 bits per heavy atom. The summed E-state index contributed by atoms with van der Waals surface area (Å²) >= 11 is 0. The second kappa shape index (κ2) is 7.14. The molecule has 1 amide bonds. The van der Waals surface area contributed by atoms with Crippen LogP contribution in [0.2, 0.25) is 0 Å². The SMILES string of the molecule is CC(C)(C)OC(=O)N1CCC(c2cc(=O)c3ccc(N)c([N+](=O)[O-])c3o2)CC1. The van der Waals surface area contributed by atoms with Crippen LogP contribution < -0.4 is 11.2 Å². The Kier molecular flexibility index (Phi) is 5.01. The number of fused-ring (bicyclic) bond motifs is 1. The lowest BCUT2D eigenvalue weighted by Crippen LogP contribution is -2.41.